The molecule has 18 heavy (non-hydrogen) atoms. The molecule has 1 saturated heterocycles. The van der Waals surface area contributed by atoms with Crippen molar-refractivity contribution in [3.63, 3.8) is 0 Å². The van der Waals surface area contributed by atoms with E-state index in [0.29, 0.717) is 17.8 Å². The summed E-state index contributed by atoms with van der Waals surface area (Å²) in [5.41, 5.74) is 1.25. The summed E-state index contributed by atoms with van der Waals surface area (Å²) in [5.74, 6) is 1.14. The standard InChI is InChI=1S/C15H20FNO/c1-11(2)13-3-5-17(6-4-13)15-8-12(10-18)7-14(16)9-15/h7-11,13H,3-6H2,1-2H3. The lowest BCUT2D eigenvalue weighted by molar-refractivity contribution is 0.112. The lowest BCUT2D eigenvalue weighted by Crippen LogP contribution is -2.35. The Kier molecular flexibility index (Phi) is 4.00. The van der Waals surface area contributed by atoms with Crippen molar-refractivity contribution in [2.45, 2.75) is 26.7 Å². The quantitative estimate of drug-likeness (QED) is 0.764. The van der Waals surface area contributed by atoms with Gasteiger partial charge in [0, 0.05) is 24.3 Å². The Labute approximate surface area is 108 Å². The van der Waals surface area contributed by atoms with Gasteiger partial charge in [0.15, 0.2) is 0 Å². The third-order valence-electron chi connectivity index (χ3n) is 3.89. The molecule has 0 aromatic heterocycles. The highest BCUT2D eigenvalue weighted by Gasteiger charge is 2.22. The number of benzene rings is 1. The predicted molar refractivity (Wildman–Crippen MR) is 71.6 cm³/mol. The minimum absolute atomic E-state index is 0.333. The van der Waals surface area contributed by atoms with Gasteiger partial charge in [-0.3, -0.25) is 4.79 Å². The van der Waals surface area contributed by atoms with Crippen molar-refractivity contribution in [1.29, 1.82) is 0 Å². The average molecular weight is 249 g/mol. The molecule has 0 radical (unpaired) electrons. The number of halogens is 1. The number of hydrogen-bond donors (Lipinski definition) is 0. The number of aldehydes is 1. The summed E-state index contributed by atoms with van der Waals surface area (Å²) >= 11 is 0. The fourth-order valence-electron chi connectivity index (χ4n) is 2.67. The Morgan fingerprint density at radius 1 is 1.28 bits per heavy atom. The normalized spacial score (nSPS) is 17.2. The fourth-order valence-corrected chi connectivity index (χ4v) is 2.67. The zero-order valence-electron chi connectivity index (χ0n) is 11.0. The number of carbonyl (C=O) groups excluding carboxylic acids is 1. The molecule has 1 fully saturated rings. The second kappa shape index (κ2) is 5.51. The number of hydrogen-bond acceptors (Lipinski definition) is 2. The van der Waals surface area contributed by atoms with Gasteiger partial charge in [-0.25, -0.2) is 4.39 Å². The molecule has 0 aliphatic carbocycles. The van der Waals surface area contributed by atoms with Crippen LogP contribution in [0.1, 0.15) is 37.0 Å². The van der Waals surface area contributed by atoms with Crippen molar-refractivity contribution < 1.29 is 9.18 Å². The van der Waals surface area contributed by atoms with Crippen LogP contribution < -0.4 is 4.90 Å². The van der Waals surface area contributed by atoms with Crippen LogP contribution in [-0.2, 0) is 0 Å². The Morgan fingerprint density at radius 3 is 2.50 bits per heavy atom. The number of nitrogens with zero attached hydrogens (tertiary/aromatic N) is 1. The van der Waals surface area contributed by atoms with Crippen molar-refractivity contribution in [2.24, 2.45) is 11.8 Å². The molecule has 98 valence electrons. The van der Waals surface area contributed by atoms with E-state index in [1.54, 1.807) is 6.07 Å². The highest BCUT2D eigenvalue weighted by Crippen LogP contribution is 2.28. The smallest absolute Gasteiger partial charge is 0.150 e. The zero-order valence-corrected chi connectivity index (χ0v) is 11.0. The lowest BCUT2D eigenvalue weighted by atomic mass is 9.86. The SMILES string of the molecule is CC(C)C1CCN(c2cc(F)cc(C=O)c2)CC1. The molecule has 0 saturated carbocycles. The molecular weight excluding hydrogens is 229 g/mol. The van der Waals surface area contributed by atoms with Crippen molar-refractivity contribution in [3.05, 3.63) is 29.6 Å². The van der Waals surface area contributed by atoms with Crippen molar-refractivity contribution in [3.8, 4) is 0 Å². The summed E-state index contributed by atoms with van der Waals surface area (Å²) in [6, 6.07) is 4.56. The molecule has 1 heterocycles. The largest absolute Gasteiger partial charge is 0.371 e. The van der Waals surface area contributed by atoms with Gasteiger partial charge in [-0.05, 0) is 42.9 Å². The Balaban J connectivity index is 2.09. The third kappa shape index (κ3) is 2.89. The molecule has 0 bridgehead atoms. The van der Waals surface area contributed by atoms with Crippen LogP contribution in [0.3, 0.4) is 0 Å². The molecule has 1 aromatic rings. The second-order valence-corrected chi connectivity index (χ2v) is 5.43. The van der Waals surface area contributed by atoms with Crippen LogP contribution in [0.2, 0.25) is 0 Å². The van der Waals surface area contributed by atoms with E-state index in [0.717, 1.165) is 37.5 Å². The molecule has 1 aliphatic heterocycles. The lowest BCUT2D eigenvalue weighted by Gasteiger charge is -2.35. The number of piperidine rings is 1. The van der Waals surface area contributed by atoms with E-state index < -0.39 is 0 Å². The first-order valence-corrected chi connectivity index (χ1v) is 6.61. The Bertz CT molecular complexity index is 423. The van der Waals surface area contributed by atoms with Crippen molar-refractivity contribution in [2.75, 3.05) is 18.0 Å². The van der Waals surface area contributed by atoms with Gasteiger partial charge < -0.3 is 4.90 Å². The molecule has 1 aliphatic rings. The van der Waals surface area contributed by atoms with Crippen LogP contribution in [0.4, 0.5) is 10.1 Å². The summed E-state index contributed by atoms with van der Waals surface area (Å²) < 4.78 is 13.4. The fraction of sp³-hybridized carbons (Fsp3) is 0.533. The van der Waals surface area contributed by atoms with Gasteiger partial charge in [0.2, 0.25) is 0 Å². The molecule has 0 unspecified atom stereocenters. The topological polar surface area (TPSA) is 20.3 Å². The molecule has 0 amide bonds. The first-order valence-electron chi connectivity index (χ1n) is 6.61. The molecule has 2 rings (SSSR count). The van der Waals surface area contributed by atoms with E-state index in [-0.39, 0.29) is 5.82 Å². The average Bonchev–Trinajstić information content (AvgIpc) is 2.38. The van der Waals surface area contributed by atoms with Gasteiger partial charge in [-0.15, -0.1) is 0 Å². The van der Waals surface area contributed by atoms with Crippen molar-refractivity contribution >= 4 is 12.0 Å². The van der Waals surface area contributed by atoms with Crippen LogP contribution >= 0.6 is 0 Å². The van der Waals surface area contributed by atoms with Crippen LogP contribution in [0.5, 0.6) is 0 Å². The number of carbonyl (C=O) groups is 1. The maximum atomic E-state index is 13.4. The van der Waals surface area contributed by atoms with Gasteiger partial charge in [0.05, 0.1) is 0 Å². The zero-order chi connectivity index (χ0) is 13.1. The molecule has 2 nitrogen and oxygen atoms in total. The van der Waals surface area contributed by atoms with E-state index in [4.69, 9.17) is 0 Å². The molecule has 0 N–H and O–H groups in total. The van der Waals surface area contributed by atoms with Crippen LogP contribution in [0, 0.1) is 17.7 Å². The van der Waals surface area contributed by atoms with Crippen molar-refractivity contribution in [1.82, 2.24) is 0 Å². The maximum absolute atomic E-state index is 13.4. The third-order valence-corrected chi connectivity index (χ3v) is 3.89. The molecule has 0 atom stereocenters. The van der Waals surface area contributed by atoms with Gasteiger partial charge in [-0.1, -0.05) is 13.8 Å². The monoisotopic (exact) mass is 249 g/mol. The van der Waals surface area contributed by atoms with Gasteiger partial charge in [0.1, 0.15) is 12.1 Å². The van der Waals surface area contributed by atoms with Crippen LogP contribution in [0.15, 0.2) is 18.2 Å². The van der Waals surface area contributed by atoms with Gasteiger partial charge in [0.25, 0.3) is 0 Å². The summed E-state index contributed by atoms with van der Waals surface area (Å²) in [4.78, 5) is 12.9. The van der Waals surface area contributed by atoms with E-state index in [9.17, 15) is 9.18 Å². The first kappa shape index (κ1) is 13.1. The van der Waals surface area contributed by atoms with E-state index in [2.05, 4.69) is 18.7 Å². The summed E-state index contributed by atoms with van der Waals surface area (Å²) in [7, 11) is 0. The Morgan fingerprint density at radius 2 is 1.94 bits per heavy atom. The second-order valence-electron chi connectivity index (χ2n) is 5.43. The predicted octanol–water partition coefficient (Wildman–Crippen LogP) is 3.51. The first-order chi connectivity index (χ1) is 8.60. The number of anilines is 1. The molecule has 1 aromatic carbocycles. The Hall–Kier alpha value is -1.38. The van der Waals surface area contributed by atoms with Gasteiger partial charge >= 0.3 is 0 Å². The maximum Gasteiger partial charge on any atom is 0.150 e. The minimum Gasteiger partial charge on any atom is -0.371 e. The van der Waals surface area contributed by atoms with Gasteiger partial charge in [-0.2, -0.15) is 0 Å². The highest BCUT2D eigenvalue weighted by molar-refractivity contribution is 5.77. The van der Waals surface area contributed by atoms with Crippen LogP contribution in [-0.4, -0.2) is 19.4 Å². The summed E-state index contributed by atoms with van der Waals surface area (Å²) in [6.45, 7) is 6.41. The summed E-state index contributed by atoms with van der Waals surface area (Å²) in [5, 5.41) is 0. The molecule has 0 spiro atoms. The van der Waals surface area contributed by atoms with Crippen LogP contribution in [0.25, 0.3) is 0 Å². The minimum atomic E-state index is -0.333. The molecule has 3 heteroatoms. The van der Waals surface area contributed by atoms with E-state index >= 15 is 0 Å². The van der Waals surface area contributed by atoms with E-state index in [1.165, 1.54) is 12.1 Å². The number of rotatable bonds is 3. The van der Waals surface area contributed by atoms with E-state index in [1.807, 2.05) is 0 Å². The highest BCUT2D eigenvalue weighted by atomic mass is 19.1. The summed E-state index contributed by atoms with van der Waals surface area (Å²) in [6.07, 6.45) is 2.99. The molecular formula is C15H20FNO.